The molecule has 0 fully saturated rings. The van der Waals surface area contributed by atoms with E-state index in [1.54, 1.807) is 0 Å². The van der Waals surface area contributed by atoms with Gasteiger partial charge in [0.1, 0.15) is 5.82 Å². The molecular weight excluding hydrogens is 240 g/mol. The summed E-state index contributed by atoms with van der Waals surface area (Å²) in [5, 5.41) is 3.97. The van der Waals surface area contributed by atoms with E-state index in [9.17, 15) is 0 Å². The highest BCUT2D eigenvalue weighted by Crippen LogP contribution is 2.21. The average molecular weight is 259 g/mol. The maximum Gasteiger partial charge on any atom is 0.126 e. The number of thioether (sulfide) groups is 1. The van der Waals surface area contributed by atoms with Gasteiger partial charge in [-0.05, 0) is 31.2 Å². The van der Waals surface area contributed by atoms with Crippen molar-refractivity contribution in [1.29, 1.82) is 0 Å². The summed E-state index contributed by atoms with van der Waals surface area (Å²) >= 11 is 8.00. The Morgan fingerprint density at radius 3 is 2.88 bits per heavy atom. The average Bonchev–Trinajstić information content (AvgIpc) is 2.29. The Morgan fingerprint density at radius 2 is 2.19 bits per heavy atom. The predicted molar refractivity (Wildman–Crippen MR) is 74.5 cm³/mol. The summed E-state index contributed by atoms with van der Waals surface area (Å²) in [6.07, 6.45) is 2.50. The highest BCUT2D eigenvalue weighted by molar-refractivity contribution is 7.98. The van der Waals surface area contributed by atoms with E-state index in [4.69, 9.17) is 11.6 Å². The molecule has 0 saturated carbocycles. The molecule has 0 unspecified atom stereocenters. The van der Waals surface area contributed by atoms with Gasteiger partial charge in [-0.3, -0.25) is 0 Å². The van der Waals surface area contributed by atoms with Crippen LogP contribution in [-0.4, -0.2) is 17.3 Å². The molecule has 0 aromatic carbocycles. The molecule has 16 heavy (non-hydrogen) atoms. The fourth-order valence-electron chi connectivity index (χ4n) is 1.28. The SMILES string of the molecule is CCCCSCc1nc(NCC)ccc1Cl. The fourth-order valence-corrected chi connectivity index (χ4v) is 2.58. The van der Waals surface area contributed by atoms with Gasteiger partial charge in [0, 0.05) is 12.3 Å². The number of pyridine rings is 1. The number of rotatable bonds is 7. The van der Waals surface area contributed by atoms with Crippen molar-refractivity contribution in [3.8, 4) is 0 Å². The lowest BCUT2D eigenvalue weighted by atomic mass is 10.3. The number of halogens is 1. The van der Waals surface area contributed by atoms with E-state index >= 15 is 0 Å². The molecule has 0 atom stereocenters. The molecule has 0 bridgehead atoms. The van der Waals surface area contributed by atoms with E-state index in [1.807, 2.05) is 23.9 Å². The Labute approximate surface area is 107 Å². The lowest BCUT2D eigenvalue weighted by Crippen LogP contribution is -2.01. The van der Waals surface area contributed by atoms with Crippen molar-refractivity contribution in [3.05, 3.63) is 22.8 Å². The molecule has 1 N–H and O–H groups in total. The minimum atomic E-state index is 0.769. The molecule has 1 aromatic rings. The minimum Gasteiger partial charge on any atom is -0.370 e. The molecule has 0 spiro atoms. The van der Waals surface area contributed by atoms with Crippen molar-refractivity contribution in [3.63, 3.8) is 0 Å². The van der Waals surface area contributed by atoms with E-state index < -0.39 is 0 Å². The molecule has 2 nitrogen and oxygen atoms in total. The van der Waals surface area contributed by atoms with Gasteiger partial charge in [-0.25, -0.2) is 4.98 Å². The number of anilines is 1. The van der Waals surface area contributed by atoms with E-state index in [0.29, 0.717) is 0 Å². The lowest BCUT2D eigenvalue weighted by Gasteiger charge is -2.07. The van der Waals surface area contributed by atoms with Gasteiger partial charge < -0.3 is 5.32 Å². The van der Waals surface area contributed by atoms with Crippen LogP contribution in [0, 0.1) is 0 Å². The predicted octanol–water partition coefficient (Wildman–Crippen LogP) is 4.20. The van der Waals surface area contributed by atoms with Crippen molar-refractivity contribution >= 4 is 29.2 Å². The van der Waals surface area contributed by atoms with Crippen molar-refractivity contribution in [2.24, 2.45) is 0 Å². The maximum atomic E-state index is 6.11. The van der Waals surface area contributed by atoms with Crippen molar-refractivity contribution in [1.82, 2.24) is 4.98 Å². The first-order valence-corrected chi connectivity index (χ1v) is 7.28. The molecule has 1 aromatic heterocycles. The molecule has 0 amide bonds. The van der Waals surface area contributed by atoms with Crippen molar-refractivity contribution in [2.45, 2.75) is 32.4 Å². The number of hydrogen-bond acceptors (Lipinski definition) is 3. The van der Waals surface area contributed by atoms with E-state index in [0.717, 1.165) is 28.8 Å². The van der Waals surface area contributed by atoms with Crippen LogP contribution in [0.4, 0.5) is 5.82 Å². The second kappa shape index (κ2) is 7.80. The third kappa shape index (κ3) is 4.62. The van der Waals surface area contributed by atoms with E-state index in [-0.39, 0.29) is 0 Å². The number of hydrogen-bond donors (Lipinski definition) is 1. The first-order chi connectivity index (χ1) is 7.77. The highest BCUT2D eigenvalue weighted by Gasteiger charge is 2.03. The first-order valence-electron chi connectivity index (χ1n) is 5.75. The Bertz CT molecular complexity index is 318. The van der Waals surface area contributed by atoms with Gasteiger partial charge in [0.25, 0.3) is 0 Å². The summed E-state index contributed by atoms with van der Waals surface area (Å²) < 4.78 is 0. The van der Waals surface area contributed by atoms with Crippen molar-refractivity contribution in [2.75, 3.05) is 17.6 Å². The molecular formula is C12H19ClN2S. The quantitative estimate of drug-likeness (QED) is 0.742. The van der Waals surface area contributed by atoms with Gasteiger partial charge in [-0.2, -0.15) is 11.8 Å². The van der Waals surface area contributed by atoms with Gasteiger partial charge in [0.05, 0.1) is 10.7 Å². The van der Waals surface area contributed by atoms with Crippen LogP contribution >= 0.6 is 23.4 Å². The number of aromatic nitrogens is 1. The summed E-state index contributed by atoms with van der Waals surface area (Å²) in [4.78, 5) is 4.50. The zero-order valence-electron chi connectivity index (χ0n) is 9.92. The van der Waals surface area contributed by atoms with Gasteiger partial charge in [0.2, 0.25) is 0 Å². The number of nitrogens with one attached hydrogen (secondary N) is 1. The Morgan fingerprint density at radius 1 is 1.38 bits per heavy atom. The van der Waals surface area contributed by atoms with Crippen LogP contribution < -0.4 is 5.32 Å². The van der Waals surface area contributed by atoms with Gasteiger partial charge >= 0.3 is 0 Å². The Kier molecular flexibility index (Phi) is 6.65. The van der Waals surface area contributed by atoms with Crippen LogP contribution in [0.5, 0.6) is 0 Å². The van der Waals surface area contributed by atoms with Crippen LogP contribution in [0.15, 0.2) is 12.1 Å². The Balaban J connectivity index is 2.52. The molecule has 4 heteroatoms. The number of unbranched alkanes of at least 4 members (excludes halogenated alkanes) is 1. The first kappa shape index (κ1) is 13.7. The van der Waals surface area contributed by atoms with Crippen LogP contribution in [0.3, 0.4) is 0 Å². The largest absolute Gasteiger partial charge is 0.370 e. The molecule has 0 aliphatic carbocycles. The number of nitrogens with zero attached hydrogens (tertiary/aromatic N) is 1. The molecule has 90 valence electrons. The van der Waals surface area contributed by atoms with Gasteiger partial charge in [-0.1, -0.05) is 24.9 Å². The molecule has 0 saturated heterocycles. The lowest BCUT2D eigenvalue weighted by molar-refractivity contribution is 0.895. The molecule has 1 heterocycles. The second-order valence-corrected chi connectivity index (χ2v) is 5.07. The molecule has 1 rings (SSSR count). The summed E-state index contributed by atoms with van der Waals surface area (Å²) in [7, 11) is 0. The normalized spacial score (nSPS) is 10.4. The fraction of sp³-hybridized carbons (Fsp3) is 0.583. The van der Waals surface area contributed by atoms with E-state index in [2.05, 4.69) is 24.1 Å². The second-order valence-electron chi connectivity index (χ2n) is 3.56. The minimum absolute atomic E-state index is 0.769. The van der Waals surface area contributed by atoms with Gasteiger partial charge in [0.15, 0.2) is 0 Å². The Hall–Kier alpha value is -0.410. The zero-order valence-corrected chi connectivity index (χ0v) is 11.5. The van der Waals surface area contributed by atoms with Crippen molar-refractivity contribution < 1.29 is 0 Å². The zero-order chi connectivity index (χ0) is 11.8. The molecule has 0 aliphatic rings. The monoisotopic (exact) mass is 258 g/mol. The summed E-state index contributed by atoms with van der Waals surface area (Å²) in [6.45, 7) is 5.15. The standard InChI is InChI=1S/C12H19ClN2S/c1-3-5-8-16-9-11-10(13)6-7-12(15-11)14-4-2/h6-7H,3-5,8-9H2,1-2H3,(H,14,15). The van der Waals surface area contributed by atoms with Crippen LogP contribution in [0.2, 0.25) is 5.02 Å². The summed E-state index contributed by atoms with van der Waals surface area (Å²) in [5.74, 6) is 3.00. The van der Waals surface area contributed by atoms with E-state index in [1.165, 1.54) is 18.6 Å². The van der Waals surface area contributed by atoms with Crippen LogP contribution in [-0.2, 0) is 5.75 Å². The summed E-state index contributed by atoms with van der Waals surface area (Å²) in [6, 6.07) is 3.84. The molecule has 0 radical (unpaired) electrons. The maximum absolute atomic E-state index is 6.11. The molecule has 0 aliphatic heterocycles. The topological polar surface area (TPSA) is 24.9 Å². The highest BCUT2D eigenvalue weighted by atomic mass is 35.5. The van der Waals surface area contributed by atoms with Crippen LogP contribution in [0.1, 0.15) is 32.4 Å². The van der Waals surface area contributed by atoms with Crippen LogP contribution in [0.25, 0.3) is 0 Å². The smallest absolute Gasteiger partial charge is 0.126 e. The third-order valence-electron chi connectivity index (χ3n) is 2.16. The van der Waals surface area contributed by atoms with Gasteiger partial charge in [-0.15, -0.1) is 0 Å². The third-order valence-corrected chi connectivity index (χ3v) is 3.56. The summed E-state index contributed by atoms with van der Waals surface area (Å²) in [5.41, 5.74) is 0.987.